The van der Waals surface area contributed by atoms with Crippen molar-refractivity contribution in [2.24, 2.45) is 0 Å². The first-order chi connectivity index (χ1) is 10.1. The second-order valence-corrected chi connectivity index (χ2v) is 4.43. The summed E-state index contributed by atoms with van der Waals surface area (Å²) >= 11 is 0. The van der Waals surface area contributed by atoms with E-state index < -0.39 is 10.9 Å². The number of aromatic amines is 1. The molecule has 0 aliphatic carbocycles. The lowest BCUT2D eigenvalue weighted by Gasteiger charge is -2.00. The van der Waals surface area contributed by atoms with Crippen LogP contribution in [0, 0.1) is 10.1 Å². The van der Waals surface area contributed by atoms with Crippen LogP contribution in [-0.4, -0.2) is 26.0 Å². The number of carboxylic acids is 1. The topological polar surface area (TPSA) is 109 Å². The number of aromatic carboxylic acids is 1. The van der Waals surface area contributed by atoms with Gasteiger partial charge in [-0.1, -0.05) is 0 Å². The molecule has 0 saturated heterocycles. The highest BCUT2D eigenvalue weighted by Crippen LogP contribution is 2.29. The quantitative estimate of drug-likeness (QED) is 0.567. The molecular weight excluding hydrogens is 274 g/mol. The number of H-pyrrole nitrogens is 1. The molecule has 104 valence electrons. The average molecular weight is 283 g/mol. The van der Waals surface area contributed by atoms with E-state index in [0.717, 1.165) is 16.5 Å². The molecule has 0 aliphatic rings. The van der Waals surface area contributed by atoms with Crippen LogP contribution in [0.4, 0.5) is 5.69 Å². The number of carbonyl (C=O) groups is 1. The van der Waals surface area contributed by atoms with Crippen molar-refractivity contribution in [1.29, 1.82) is 0 Å². The number of hydrogen-bond acceptors (Lipinski definition) is 4. The van der Waals surface area contributed by atoms with E-state index >= 15 is 0 Å². The molecule has 3 aromatic rings. The molecule has 0 fully saturated rings. The Balaban J connectivity index is 2.08. The normalized spacial score (nSPS) is 10.7. The number of rotatable bonds is 3. The zero-order chi connectivity index (χ0) is 15.0. The van der Waals surface area contributed by atoms with Gasteiger partial charge in [0.1, 0.15) is 5.69 Å². The number of non-ortho nitro benzene ring substituents is 1. The lowest BCUT2D eigenvalue weighted by atomic mass is 10.1. The third-order valence-electron chi connectivity index (χ3n) is 3.17. The van der Waals surface area contributed by atoms with Crippen molar-refractivity contribution in [2.75, 3.05) is 0 Å². The Morgan fingerprint density at radius 3 is 2.62 bits per heavy atom. The third-order valence-corrected chi connectivity index (χ3v) is 3.17. The van der Waals surface area contributed by atoms with Gasteiger partial charge in [0.25, 0.3) is 5.69 Å². The van der Waals surface area contributed by atoms with Crippen LogP contribution in [0.15, 0.2) is 42.7 Å². The molecule has 21 heavy (non-hydrogen) atoms. The molecule has 7 nitrogen and oxygen atoms in total. The number of nitrogens with one attached hydrogen (secondary N) is 1. The summed E-state index contributed by atoms with van der Waals surface area (Å²) in [6.07, 6.45) is 3.20. The summed E-state index contributed by atoms with van der Waals surface area (Å²) in [7, 11) is 0. The molecule has 2 heterocycles. The summed E-state index contributed by atoms with van der Waals surface area (Å²) in [6.45, 7) is 0. The molecule has 2 N–H and O–H groups in total. The first kappa shape index (κ1) is 12.8. The van der Waals surface area contributed by atoms with E-state index in [1.807, 2.05) is 0 Å². The van der Waals surface area contributed by atoms with Crippen LogP contribution in [0.5, 0.6) is 0 Å². The fraction of sp³-hybridized carbons (Fsp3) is 0. The Kier molecular flexibility index (Phi) is 2.87. The number of nitrogens with zero attached hydrogens (tertiary/aromatic N) is 2. The molecule has 0 amide bonds. The standard InChI is InChI=1S/C14H9N3O4/c18-14(19)13-5-12-11(7-16-13)10(6-15-12)8-1-3-9(4-2-8)17(20)21/h1-7,15H,(H,18,19). The minimum atomic E-state index is -1.09. The van der Waals surface area contributed by atoms with Crippen molar-refractivity contribution in [2.45, 2.75) is 0 Å². The predicted octanol–water partition coefficient (Wildman–Crippen LogP) is 2.84. The molecular formula is C14H9N3O4. The summed E-state index contributed by atoms with van der Waals surface area (Å²) in [5, 5.41) is 20.3. The van der Waals surface area contributed by atoms with Gasteiger partial charge in [-0.15, -0.1) is 0 Å². The molecule has 0 atom stereocenters. The Morgan fingerprint density at radius 1 is 1.29 bits per heavy atom. The first-order valence-electron chi connectivity index (χ1n) is 6.01. The number of aromatic nitrogens is 2. The van der Waals surface area contributed by atoms with E-state index in [2.05, 4.69) is 9.97 Å². The van der Waals surface area contributed by atoms with Gasteiger partial charge in [0.05, 0.1) is 4.92 Å². The zero-order valence-electron chi connectivity index (χ0n) is 10.6. The highest BCUT2D eigenvalue weighted by molar-refractivity contribution is 5.98. The van der Waals surface area contributed by atoms with Crippen molar-refractivity contribution in [3.05, 3.63) is 58.5 Å². The number of nitro benzene ring substituents is 1. The van der Waals surface area contributed by atoms with E-state index in [1.165, 1.54) is 24.4 Å². The van der Waals surface area contributed by atoms with Crippen LogP contribution in [0.2, 0.25) is 0 Å². The molecule has 0 aliphatic heterocycles. The molecule has 0 spiro atoms. The van der Waals surface area contributed by atoms with E-state index in [4.69, 9.17) is 5.11 Å². The smallest absolute Gasteiger partial charge is 0.354 e. The molecule has 0 bridgehead atoms. The van der Waals surface area contributed by atoms with Crippen LogP contribution in [0.25, 0.3) is 22.0 Å². The van der Waals surface area contributed by atoms with Gasteiger partial charge in [-0.05, 0) is 23.8 Å². The number of fused-ring (bicyclic) bond motifs is 1. The van der Waals surface area contributed by atoms with Gasteiger partial charge in [-0.25, -0.2) is 9.78 Å². The van der Waals surface area contributed by atoms with Crippen LogP contribution >= 0.6 is 0 Å². The van der Waals surface area contributed by atoms with E-state index in [9.17, 15) is 14.9 Å². The monoisotopic (exact) mass is 283 g/mol. The summed E-state index contributed by atoms with van der Waals surface area (Å²) < 4.78 is 0. The van der Waals surface area contributed by atoms with Gasteiger partial charge in [0.15, 0.2) is 0 Å². The third kappa shape index (κ3) is 2.20. The Labute approximate surface area is 118 Å². The Morgan fingerprint density at radius 2 is 2.00 bits per heavy atom. The first-order valence-corrected chi connectivity index (χ1v) is 6.01. The molecule has 0 radical (unpaired) electrons. The van der Waals surface area contributed by atoms with Crippen molar-refractivity contribution in [3.8, 4) is 11.1 Å². The fourth-order valence-electron chi connectivity index (χ4n) is 2.14. The van der Waals surface area contributed by atoms with Crippen molar-refractivity contribution in [1.82, 2.24) is 9.97 Å². The lowest BCUT2D eigenvalue weighted by Crippen LogP contribution is -1.98. The van der Waals surface area contributed by atoms with Crippen LogP contribution in [0.3, 0.4) is 0 Å². The largest absolute Gasteiger partial charge is 0.477 e. The Hall–Kier alpha value is -3.22. The SMILES string of the molecule is O=C(O)c1cc2[nH]cc(-c3ccc([N+](=O)[O-])cc3)c2cn1. The van der Waals surface area contributed by atoms with Gasteiger partial charge in [-0.2, -0.15) is 0 Å². The van der Waals surface area contributed by atoms with Crippen LogP contribution in [0.1, 0.15) is 10.5 Å². The molecule has 1 aromatic carbocycles. The molecule has 0 unspecified atom stereocenters. The summed E-state index contributed by atoms with van der Waals surface area (Å²) in [6, 6.07) is 7.59. The maximum Gasteiger partial charge on any atom is 0.354 e. The van der Waals surface area contributed by atoms with Gasteiger partial charge in [0.2, 0.25) is 0 Å². The predicted molar refractivity (Wildman–Crippen MR) is 75.1 cm³/mol. The van der Waals surface area contributed by atoms with Gasteiger partial charge >= 0.3 is 5.97 Å². The van der Waals surface area contributed by atoms with E-state index in [1.54, 1.807) is 18.3 Å². The highest BCUT2D eigenvalue weighted by Gasteiger charge is 2.12. The Bertz CT molecular complexity index is 852. The minimum Gasteiger partial charge on any atom is -0.477 e. The molecule has 0 saturated carbocycles. The minimum absolute atomic E-state index is 0.0184. The number of benzene rings is 1. The second-order valence-electron chi connectivity index (χ2n) is 4.43. The summed E-state index contributed by atoms with van der Waals surface area (Å²) in [5.41, 5.74) is 2.22. The van der Waals surface area contributed by atoms with Crippen LogP contribution < -0.4 is 0 Å². The summed E-state index contributed by atoms with van der Waals surface area (Å²) in [5.74, 6) is -1.09. The fourth-order valence-corrected chi connectivity index (χ4v) is 2.14. The number of pyridine rings is 1. The second kappa shape index (κ2) is 4.71. The maximum atomic E-state index is 10.9. The van der Waals surface area contributed by atoms with Gasteiger partial charge in [0, 0.05) is 41.0 Å². The van der Waals surface area contributed by atoms with Crippen molar-refractivity contribution in [3.63, 3.8) is 0 Å². The number of nitro groups is 1. The van der Waals surface area contributed by atoms with Gasteiger partial charge in [-0.3, -0.25) is 10.1 Å². The lowest BCUT2D eigenvalue weighted by molar-refractivity contribution is -0.384. The zero-order valence-corrected chi connectivity index (χ0v) is 10.6. The maximum absolute atomic E-state index is 10.9. The molecule has 2 aromatic heterocycles. The summed E-state index contributed by atoms with van der Waals surface area (Å²) in [4.78, 5) is 27.9. The van der Waals surface area contributed by atoms with Crippen molar-refractivity contribution >= 4 is 22.6 Å². The molecule has 3 rings (SSSR count). The van der Waals surface area contributed by atoms with Crippen LogP contribution in [-0.2, 0) is 0 Å². The average Bonchev–Trinajstić information content (AvgIpc) is 2.90. The van der Waals surface area contributed by atoms with E-state index in [-0.39, 0.29) is 11.4 Å². The van der Waals surface area contributed by atoms with Crippen molar-refractivity contribution < 1.29 is 14.8 Å². The molecule has 7 heteroatoms. The number of hydrogen-bond donors (Lipinski definition) is 2. The van der Waals surface area contributed by atoms with Gasteiger partial charge < -0.3 is 10.1 Å². The highest BCUT2D eigenvalue weighted by atomic mass is 16.6. The number of carboxylic acid groups (broad SMARTS) is 1. The van der Waals surface area contributed by atoms with E-state index in [0.29, 0.717) is 5.52 Å².